The molecule has 1 amide bonds. The number of hydrogen-bond acceptors (Lipinski definition) is 4. The number of amides is 1. The van der Waals surface area contributed by atoms with Crippen LogP contribution in [-0.2, 0) is 5.54 Å². The molecule has 29 heavy (non-hydrogen) atoms. The van der Waals surface area contributed by atoms with E-state index in [2.05, 4.69) is 53.9 Å². The summed E-state index contributed by atoms with van der Waals surface area (Å²) in [5.74, 6) is 0.103. The predicted molar refractivity (Wildman–Crippen MR) is 119 cm³/mol. The van der Waals surface area contributed by atoms with Gasteiger partial charge in [-0.1, -0.05) is 25.1 Å². The molecule has 0 saturated carbocycles. The van der Waals surface area contributed by atoms with E-state index in [-0.39, 0.29) is 11.4 Å². The van der Waals surface area contributed by atoms with E-state index >= 15 is 0 Å². The van der Waals surface area contributed by atoms with Crippen LogP contribution in [0.5, 0.6) is 0 Å². The zero-order valence-corrected chi connectivity index (χ0v) is 17.4. The minimum absolute atomic E-state index is 0.103. The second-order valence-electron chi connectivity index (χ2n) is 8.00. The molecule has 2 aromatic carbocycles. The number of nitrogens with zero attached hydrogens (tertiary/aromatic N) is 4. The van der Waals surface area contributed by atoms with Gasteiger partial charge in [-0.15, -0.1) is 0 Å². The van der Waals surface area contributed by atoms with Crippen LogP contribution in [0.2, 0.25) is 0 Å². The Morgan fingerprint density at radius 2 is 1.66 bits per heavy atom. The van der Waals surface area contributed by atoms with Crippen LogP contribution in [0.3, 0.4) is 0 Å². The van der Waals surface area contributed by atoms with Crippen LogP contribution in [0.4, 0.5) is 5.69 Å². The molecule has 1 fully saturated rings. The number of benzene rings is 2. The lowest BCUT2D eigenvalue weighted by Crippen LogP contribution is -2.48. The van der Waals surface area contributed by atoms with Crippen LogP contribution >= 0.6 is 0 Å². The fourth-order valence-electron chi connectivity index (χ4n) is 4.25. The SMILES string of the molecule is CC[C@]1(c2ccc(C(=O)N3CCN(c4cc(C)cc(C)c4)CC3)cc2)C=NC=N1. The van der Waals surface area contributed by atoms with Gasteiger partial charge in [0.1, 0.15) is 11.9 Å². The van der Waals surface area contributed by atoms with E-state index in [0.29, 0.717) is 0 Å². The highest BCUT2D eigenvalue weighted by Crippen LogP contribution is 2.30. The molecule has 4 rings (SSSR count). The van der Waals surface area contributed by atoms with Crippen LogP contribution in [0.15, 0.2) is 52.4 Å². The molecule has 1 saturated heterocycles. The Balaban J connectivity index is 1.42. The zero-order valence-electron chi connectivity index (χ0n) is 17.4. The molecule has 0 N–H and O–H groups in total. The van der Waals surface area contributed by atoms with Crippen molar-refractivity contribution in [2.75, 3.05) is 31.1 Å². The van der Waals surface area contributed by atoms with E-state index < -0.39 is 0 Å². The first-order chi connectivity index (χ1) is 14.0. The molecular formula is C24H28N4O. The maximum absolute atomic E-state index is 13.0. The first-order valence-electron chi connectivity index (χ1n) is 10.3. The summed E-state index contributed by atoms with van der Waals surface area (Å²) in [6, 6.07) is 14.5. The van der Waals surface area contributed by atoms with Crippen molar-refractivity contribution in [3.8, 4) is 0 Å². The van der Waals surface area contributed by atoms with E-state index in [4.69, 9.17) is 0 Å². The van der Waals surface area contributed by atoms with Gasteiger partial charge >= 0.3 is 0 Å². The van der Waals surface area contributed by atoms with Crippen LogP contribution < -0.4 is 4.90 Å². The van der Waals surface area contributed by atoms with Crippen molar-refractivity contribution in [3.05, 3.63) is 64.7 Å². The molecule has 1 atom stereocenters. The summed E-state index contributed by atoms with van der Waals surface area (Å²) in [5, 5.41) is 0. The Kier molecular flexibility index (Phi) is 5.22. The molecule has 0 aliphatic carbocycles. The highest BCUT2D eigenvalue weighted by molar-refractivity contribution is 5.95. The van der Waals surface area contributed by atoms with E-state index in [0.717, 1.165) is 43.7 Å². The Morgan fingerprint density at radius 3 is 2.21 bits per heavy atom. The predicted octanol–water partition coefficient (Wildman–Crippen LogP) is 3.98. The number of hydrogen-bond donors (Lipinski definition) is 0. The summed E-state index contributed by atoms with van der Waals surface area (Å²) in [6.45, 7) is 9.56. The van der Waals surface area contributed by atoms with Crippen molar-refractivity contribution in [2.45, 2.75) is 32.7 Å². The number of carbonyl (C=O) groups excluding carboxylic acids is 1. The quantitative estimate of drug-likeness (QED) is 0.795. The second-order valence-corrected chi connectivity index (χ2v) is 8.00. The molecule has 0 spiro atoms. The van der Waals surface area contributed by atoms with Gasteiger partial charge in [0.2, 0.25) is 0 Å². The van der Waals surface area contributed by atoms with Gasteiger partial charge in [-0.3, -0.25) is 9.79 Å². The number of piperazine rings is 1. The second kappa shape index (κ2) is 7.82. The summed E-state index contributed by atoms with van der Waals surface area (Å²) in [7, 11) is 0. The van der Waals surface area contributed by atoms with E-state index in [9.17, 15) is 4.79 Å². The average Bonchev–Trinajstić information content (AvgIpc) is 3.23. The first kappa shape index (κ1) is 19.4. The third kappa shape index (κ3) is 3.82. The molecule has 2 aliphatic heterocycles. The van der Waals surface area contributed by atoms with Crippen molar-refractivity contribution < 1.29 is 4.79 Å². The van der Waals surface area contributed by atoms with Gasteiger partial charge < -0.3 is 9.80 Å². The number of aliphatic imine (C=N–C) groups is 2. The Hall–Kier alpha value is -2.95. The maximum Gasteiger partial charge on any atom is 0.253 e. The van der Waals surface area contributed by atoms with E-state index in [1.165, 1.54) is 16.8 Å². The fraction of sp³-hybridized carbons (Fsp3) is 0.375. The highest BCUT2D eigenvalue weighted by atomic mass is 16.2. The third-order valence-electron chi connectivity index (χ3n) is 5.95. The first-order valence-corrected chi connectivity index (χ1v) is 10.3. The topological polar surface area (TPSA) is 48.3 Å². The van der Waals surface area contributed by atoms with Gasteiger partial charge in [-0.2, -0.15) is 0 Å². The van der Waals surface area contributed by atoms with Crippen molar-refractivity contribution in [3.63, 3.8) is 0 Å². The number of rotatable bonds is 4. The molecule has 0 unspecified atom stereocenters. The molecule has 2 aromatic rings. The van der Waals surface area contributed by atoms with Crippen LogP contribution in [0, 0.1) is 13.8 Å². The largest absolute Gasteiger partial charge is 0.368 e. The van der Waals surface area contributed by atoms with Gasteiger partial charge in [0.05, 0.1) is 0 Å². The Bertz CT molecular complexity index is 921. The van der Waals surface area contributed by atoms with Crippen LogP contribution in [0.1, 0.15) is 40.4 Å². The molecule has 0 aromatic heterocycles. The molecule has 5 heteroatoms. The molecule has 0 bridgehead atoms. The standard InChI is InChI=1S/C24H28N4O/c1-4-24(16-25-17-26-24)21-7-5-20(6-8-21)23(29)28-11-9-27(10-12-28)22-14-18(2)13-19(3)15-22/h5-8,13-17H,4,9-12H2,1-3H3/t24-/m1/s1. The lowest BCUT2D eigenvalue weighted by Gasteiger charge is -2.36. The van der Waals surface area contributed by atoms with Crippen molar-refractivity contribution >= 4 is 24.1 Å². The third-order valence-corrected chi connectivity index (χ3v) is 5.95. The summed E-state index contributed by atoms with van der Waals surface area (Å²) in [4.78, 5) is 26.0. The normalized spacial score (nSPS) is 21.1. The molecular weight excluding hydrogens is 360 g/mol. The highest BCUT2D eigenvalue weighted by Gasteiger charge is 2.30. The Morgan fingerprint density at radius 1 is 1.00 bits per heavy atom. The smallest absolute Gasteiger partial charge is 0.253 e. The van der Waals surface area contributed by atoms with Crippen molar-refractivity contribution in [2.24, 2.45) is 9.98 Å². The lowest BCUT2D eigenvalue weighted by molar-refractivity contribution is 0.0746. The van der Waals surface area contributed by atoms with Gasteiger partial charge in [-0.05, 0) is 61.2 Å². The maximum atomic E-state index is 13.0. The van der Waals surface area contributed by atoms with Gasteiger partial charge in [0.15, 0.2) is 0 Å². The fourth-order valence-corrected chi connectivity index (χ4v) is 4.25. The molecule has 2 heterocycles. The molecule has 5 nitrogen and oxygen atoms in total. The van der Waals surface area contributed by atoms with Gasteiger partial charge in [0.25, 0.3) is 5.91 Å². The number of carbonyl (C=O) groups is 1. The minimum Gasteiger partial charge on any atom is -0.368 e. The minimum atomic E-state index is -0.376. The van der Waals surface area contributed by atoms with Crippen molar-refractivity contribution in [1.82, 2.24) is 4.90 Å². The average molecular weight is 389 g/mol. The molecule has 150 valence electrons. The molecule has 0 radical (unpaired) electrons. The van der Waals surface area contributed by atoms with Crippen LogP contribution in [0.25, 0.3) is 0 Å². The zero-order chi connectivity index (χ0) is 20.4. The van der Waals surface area contributed by atoms with Gasteiger partial charge in [0, 0.05) is 43.6 Å². The lowest BCUT2D eigenvalue weighted by atomic mass is 9.89. The molecule has 2 aliphatic rings. The van der Waals surface area contributed by atoms with Crippen LogP contribution in [-0.4, -0.2) is 49.5 Å². The Labute approximate surface area is 172 Å². The van der Waals surface area contributed by atoms with Crippen molar-refractivity contribution in [1.29, 1.82) is 0 Å². The van der Waals surface area contributed by atoms with E-state index in [1.807, 2.05) is 35.4 Å². The van der Waals surface area contributed by atoms with E-state index in [1.54, 1.807) is 6.34 Å². The van der Waals surface area contributed by atoms with Gasteiger partial charge in [-0.25, -0.2) is 4.99 Å². The summed E-state index contributed by atoms with van der Waals surface area (Å²) < 4.78 is 0. The summed E-state index contributed by atoms with van der Waals surface area (Å²) in [6.07, 6.45) is 4.34. The number of anilines is 1. The summed E-state index contributed by atoms with van der Waals surface area (Å²) >= 11 is 0. The monoisotopic (exact) mass is 388 g/mol. The summed E-state index contributed by atoms with van der Waals surface area (Å²) in [5.41, 5.74) is 5.24. The number of aryl methyl sites for hydroxylation is 2.